The summed E-state index contributed by atoms with van der Waals surface area (Å²) in [7, 11) is 0. The van der Waals surface area contributed by atoms with E-state index >= 15 is 0 Å². The average molecular weight is 242 g/mol. The number of rotatable bonds is 2. The summed E-state index contributed by atoms with van der Waals surface area (Å²) in [5.41, 5.74) is 2.00. The van der Waals surface area contributed by atoms with Crippen LogP contribution >= 0.6 is 0 Å². The number of fused-ring (bicyclic) bond motifs is 2. The molecule has 1 aromatic carbocycles. The van der Waals surface area contributed by atoms with E-state index in [-0.39, 0.29) is 6.03 Å². The molecule has 0 aliphatic heterocycles. The van der Waals surface area contributed by atoms with E-state index in [1.165, 1.54) is 6.42 Å². The highest BCUT2D eigenvalue weighted by Crippen LogP contribution is 2.38. The third-order valence-corrected chi connectivity index (χ3v) is 3.87. The first kappa shape index (κ1) is 11.3. The van der Waals surface area contributed by atoms with Crippen LogP contribution in [0.2, 0.25) is 0 Å². The molecule has 18 heavy (non-hydrogen) atoms. The minimum atomic E-state index is -0.0912. The lowest BCUT2D eigenvalue weighted by Crippen LogP contribution is -2.40. The summed E-state index contributed by atoms with van der Waals surface area (Å²) >= 11 is 0. The number of carbonyl (C=O) groups is 1. The first-order valence-electron chi connectivity index (χ1n) is 6.53. The molecule has 0 radical (unpaired) electrons. The minimum Gasteiger partial charge on any atom is -0.335 e. The summed E-state index contributed by atoms with van der Waals surface area (Å²) in [6, 6.07) is 8.07. The summed E-state index contributed by atoms with van der Waals surface area (Å²) < 4.78 is 0. The van der Waals surface area contributed by atoms with Gasteiger partial charge in [0, 0.05) is 11.7 Å². The number of nitrogens with one attached hydrogen (secondary N) is 2. The van der Waals surface area contributed by atoms with Crippen LogP contribution in [0.5, 0.6) is 0 Å². The van der Waals surface area contributed by atoms with E-state index in [0.29, 0.717) is 17.9 Å². The Balaban J connectivity index is 1.58. The second-order valence-electron chi connectivity index (χ2n) is 5.35. The molecule has 3 nitrogen and oxygen atoms in total. The molecule has 1 saturated carbocycles. The van der Waals surface area contributed by atoms with E-state index in [2.05, 4.69) is 22.8 Å². The molecule has 3 unspecified atom stereocenters. The smallest absolute Gasteiger partial charge is 0.319 e. The molecule has 2 aliphatic rings. The van der Waals surface area contributed by atoms with Crippen molar-refractivity contribution in [2.24, 2.45) is 11.8 Å². The zero-order valence-electron chi connectivity index (χ0n) is 10.5. The molecule has 3 rings (SSSR count). The number of hydrogen-bond acceptors (Lipinski definition) is 1. The highest BCUT2D eigenvalue weighted by molar-refractivity contribution is 5.89. The molecule has 0 aromatic heterocycles. The van der Waals surface area contributed by atoms with Crippen molar-refractivity contribution in [2.45, 2.75) is 25.8 Å². The molecule has 2 N–H and O–H groups in total. The van der Waals surface area contributed by atoms with Crippen LogP contribution < -0.4 is 10.6 Å². The molecule has 0 spiro atoms. The van der Waals surface area contributed by atoms with Crippen molar-refractivity contribution < 1.29 is 4.79 Å². The molecule has 94 valence electrons. The summed E-state index contributed by atoms with van der Waals surface area (Å²) in [4.78, 5) is 11.9. The van der Waals surface area contributed by atoms with Gasteiger partial charge < -0.3 is 10.6 Å². The fraction of sp³-hybridized carbons (Fsp3) is 0.400. The monoisotopic (exact) mass is 242 g/mol. The Labute approximate surface area is 107 Å². The van der Waals surface area contributed by atoms with Gasteiger partial charge in [-0.2, -0.15) is 0 Å². The molecular formula is C15H18N2O. The Morgan fingerprint density at radius 2 is 2.17 bits per heavy atom. The average Bonchev–Trinajstić information content (AvgIpc) is 2.90. The lowest BCUT2D eigenvalue weighted by molar-refractivity contribution is 0.246. The van der Waals surface area contributed by atoms with E-state index in [1.54, 1.807) is 0 Å². The number of anilines is 1. The van der Waals surface area contributed by atoms with Crippen molar-refractivity contribution in [3.63, 3.8) is 0 Å². The first-order valence-corrected chi connectivity index (χ1v) is 6.53. The van der Waals surface area contributed by atoms with Crippen molar-refractivity contribution in [2.75, 3.05) is 5.32 Å². The number of benzene rings is 1. The zero-order chi connectivity index (χ0) is 12.5. The van der Waals surface area contributed by atoms with Crippen LogP contribution in [0.1, 0.15) is 18.4 Å². The van der Waals surface area contributed by atoms with E-state index in [0.717, 1.165) is 17.7 Å². The normalized spacial score (nSPS) is 28.4. The molecule has 0 heterocycles. The van der Waals surface area contributed by atoms with Crippen LogP contribution in [-0.4, -0.2) is 12.1 Å². The number of hydrogen-bond donors (Lipinski definition) is 2. The standard InChI is InChI=1S/C15H18N2O/c1-10-3-2-4-13(7-10)16-15(18)17-14-9-11-5-6-12(14)8-11/h2-7,11-12,14H,8-9H2,1H3,(H2,16,17,18). The van der Waals surface area contributed by atoms with Crippen molar-refractivity contribution >= 4 is 11.7 Å². The molecular weight excluding hydrogens is 224 g/mol. The van der Waals surface area contributed by atoms with E-state index in [1.807, 2.05) is 31.2 Å². The van der Waals surface area contributed by atoms with Crippen LogP contribution in [-0.2, 0) is 0 Å². The lowest BCUT2D eigenvalue weighted by atomic mass is 10.0. The Morgan fingerprint density at radius 3 is 2.83 bits per heavy atom. The first-order chi connectivity index (χ1) is 8.70. The van der Waals surface area contributed by atoms with Crippen LogP contribution in [0.15, 0.2) is 36.4 Å². The molecule has 2 amide bonds. The molecule has 1 fully saturated rings. The van der Waals surface area contributed by atoms with E-state index < -0.39 is 0 Å². The Hall–Kier alpha value is -1.77. The van der Waals surface area contributed by atoms with Crippen LogP contribution in [0.4, 0.5) is 10.5 Å². The second-order valence-corrected chi connectivity index (χ2v) is 5.35. The maximum Gasteiger partial charge on any atom is 0.319 e. The summed E-state index contributed by atoms with van der Waals surface area (Å²) in [5.74, 6) is 1.22. The van der Waals surface area contributed by atoms with Crippen LogP contribution in [0.3, 0.4) is 0 Å². The predicted octanol–water partition coefficient (Wildman–Crippen LogP) is 3.08. The number of urea groups is 1. The van der Waals surface area contributed by atoms with E-state index in [4.69, 9.17) is 0 Å². The molecule has 0 saturated heterocycles. The van der Waals surface area contributed by atoms with Gasteiger partial charge in [0.15, 0.2) is 0 Å². The summed E-state index contributed by atoms with van der Waals surface area (Å²) in [6.07, 6.45) is 6.81. The Morgan fingerprint density at radius 1 is 1.28 bits per heavy atom. The number of carbonyl (C=O) groups excluding carboxylic acids is 1. The van der Waals surface area contributed by atoms with Gasteiger partial charge in [-0.15, -0.1) is 0 Å². The number of allylic oxidation sites excluding steroid dienone is 1. The van der Waals surface area contributed by atoms with Crippen LogP contribution in [0, 0.1) is 18.8 Å². The van der Waals surface area contributed by atoms with Gasteiger partial charge in [0.25, 0.3) is 0 Å². The fourth-order valence-electron chi connectivity index (χ4n) is 3.01. The SMILES string of the molecule is Cc1cccc(NC(=O)NC2CC3C=CC2C3)c1. The molecule has 3 heteroatoms. The molecule has 2 bridgehead atoms. The highest BCUT2D eigenvalue weighted by Gasteiger charge is 2.36. The predicted molar refractivity (Wildman–Crippen MR) is 72.5 cm³/mol. The van der Waals surface area contributed by atoms with Crippen LogP contribution in [0.25, 0.3) is 0 Å². The maximum atomic E-state index is 11.9. The lowest BCUT2D eigenvalue weighted by Gasteiger charge is -2.20. The summed E-state index contributed by atoms with van der Waals surface area (Å²) in [6.45, 7) is 2.02. The minimum absolute atomic E-state index is 0.0912. The topological polar surface area (TPSA) is 41.1 Å². The summed E-state index contributed by atoms with van der Waals surface area (Å²) in [5, 5.41) is 5.97. The van der Waals surface area contributed by atoms with Gasteiger partial charge in [-0.05, 0) is 49.3 Å². The molecule has 3 atom stereocenters. The van der Waals surface area contributed by atoms with Gasteiger partial charge in [-0.25, -0.2) is 4.79 Å². The Kier molecular flexibility index (Phi) is 2.82. The number of amides is 2. The van der Waals surface area contributed by atoms with Gasteiger partial charge >= 0.3 is 6.03 Å². The van der Waals surface area contributed by atoms with Crippen molar-refractivity contribution in [1.82, 2.24) is 5.32 Å². The molecule has 1 aromatic rings. The van der Waals surface area contributed by atoms with Gasteiger partial charge in [0.2, 0.25) is 0 Å². The third kappa shape index (κ3) is 2.26. The van der Waals surface area contributed by atoms with Gasteiger partial charge in [-0.1, -0.05) is 24.3 Å². The van der Waals surface area contributed by atoms with E-state index in [9.17, 15) is 4.79 Å². The Bertz CT molecular complexity index is 495. The third-order valence-electron chi connectivity index (χ3n) is 3.87. The van der Waals surface area contributed by atoms with Gasteiger partial charge in [0.05, 0.1) is 0 Å². The second kappa shape index (κ2) is 4.48. The number of aryl methyl sites for hydroxylation is 1. The van der Waals surface area contributed by atoms with Crippen molar-refractivity contribution in [3.05, 3.63) is 42.0 Å². The van der Waals surface area contributed by atoms with Gasteiger partial charge in [-0.3, -0.25) is 0 Å². The maximum absolute atomic E-state index is 11.9. The quantitative estimate of drug-likeness (QED) is 0.769. The zero-order valence-corrected chi connectivity index (χ0v) is 10.5. The largest absolute Gasteiger partial charge is 0.335 e. The van der Waals surface area contributed by atoms with Gasteiger partial charge in [0.1, 0.15) is 0 Å². The molecule has 2 aliphatic carbocycles. The van der Waals surface area contributed by atoms with Crippen molar-refractivity contribution in [3.8, 4) is 0 Å². The highest BCUT2D eigenvalue weighted by atomic mass is 16.2. The van der Waals surface area contributed by atoms with Crippen molar-refractivity contribution in [1.29, 1.82) is 0 Å². The fourth-order valence-corrected chi connectivity index (χ4v) is 3.01.